The quantitative estimate of drug-likeness (QED) is 0.155. The molecule has 0 aliphatic carbocycles. The summed E-state index contributed by atoms with van der Waals surface area (Å²) in [4.78, 5) is 56.9. The molecule has 0 aromatic heterocycles. The standard InChI is InChI=1S/C22H38O9/c1-13(2)10-15(5)27-18(23)19(24)28-17(7)12-22(8,9)29-20(25)21(26)31-30-16(6)11-14(3)4/h13-17H,10-12H2,1-9H3. The van der Waals surface area contributed by atoms with Crippen molar-refractivity contribution >= 4 is 23.9 Å². The Balaban J connectivity index is 4.53. The van der Waals surface area contributed by atoms with E-state index in [1.807, 2.05) is 27.7 Å². The summed E-state index contributed by atoms with van der Waals surface area (Å²) in [6.07, 6.45) is -0.252. The van der Waals surface area contributed by atoms with E-state index in [1.165, 1.54) is 20.8 Å². The van der Waals surface area contributed by atoms with Crippen LogP contribution >= 0.6 is 0 Å². The van der Waals surface area contributed by atoms with Crippen LogP contribution in [0.3, 0.4) is 0 Å². The lowest BCUT2D eigenvalue weighted by Crippen LogP contribution is -2.37. The number of rotatable bonds is 11. The number of carbonyl (C=O) groups excluding carboxylic acids is 4. The summed E-state index contributed by atoms with van der Waals surface area (Å²) in [5.41, 5.74) is -1.17. The van der Waals surface area contributed by atoms with Crippen molar-refractivity contribution in [1.82, 2.24) is 0 Å². The normalized spacial score (nSPS) is 14.5. The van der Waals surface area contributed by atoms with E-state index >= 15 is 0 Å². The van der Waals surface area contributed by atoms with Gasteiger partial charge in [-0.15, -0.1) is 0 Å². The zero-order valence-electron chi connectivity index (χ0n) is 20.2. The van der Waals surface area contributed by atoms with Gasteiger partial charge in [0.1, 0.15) is 17.8 Å². The Bertz CT molecular complexity index is 610. The molecule has 180 valence electrons. The first kappa shape index (κ1) is 28.8. The number of esters is 3. The highest BCUT2D eigenvalue weighted by Crippen LogP contribution is 2.20. The molecule has 0 spiro atoms. The largest absolute Gasteiger partial charge is 0.454 e. The topological polar surface area (TPSA) is 114 Å². The smallest absolute Gasteiger partial charge is 0.449 e. The third kappa shape index (κ3) is 13.7. The first-order valence-corrected chi connectivity index (χ1v) is 10.6. The average Bonchev–Trinajstić information content (AvgIpc) is 2.56. The van der Waals surface area contributed by atoms with Crippen LogP contribution in [0.5, 0.6) is 0 Å². The van der Waals surface area contributed by atoms with Crippen molar-refractivity contribution in [2.75, 3.05) is 0 Å². The SMILES string of the molecule is CC(C)CC(C)OOC(=O)C(=O)OC(C)(C)CC(C)OC(=O)C(=O)OC(C)CC(C)C. The Morgan fingerprint density at radius 2 is 1.10 bits per heavy atom. The predicted octanol–water partition coefficient (Wildman–Crippen LogP) is 3.52. The molecule has 0 aromatic carbocycles. The zero-order chi connectivity index (χ0) is 24.4. The number of carbonyl (C=O) groups is 4. The van der Waals surface area contributed by atoms with Gasteiger partial charge in [-0.1, -0.05) is 27.7 Å². The molecule has 0 saturated heterocycles. The summed E-state index contributed by atoms with van der Waals surface area (Å²) in [6.45, 7) is 15.9. The van der Waals surface area contributed by atoms with Gasteiger partial charge in [-0.2, -0.15) is 4.89 Å². The molecule has 0 fully saturated rings. The molecule has 0 amide bonds. The third-order valence-electron chi connectivity index (χ3n) is 3.99. The first-order chi connectivity index (χ1) is 14.1. The second-order valence-corrected chi connectivity index (χ2v) is 9.32. The lowest BCUT2D eigenvalue weighted by molar-refractivity contribution is -0.296. The van der Waals surface area contributed by atoms with Crippen LogP contribution in [0.2, 0.25) is 0 Å². The molecule has 9 heteroatoms. The van der Waals surface area contributed by atoms with Gasteiger partial charge in [0.15, 0.2) is 0 Å². The van der Waals surface area contributed by atoms with Crippen LogP contribution in [0.15, 0.2) is 0 Å². The van der Waals surface area contributed by atoms with Gasteiger partial charge in [0.05, 0.1) is 6.10 Å². The van der Waals surface area contributed by atoms with E-state index in [1.54, 1.807) is 13.8 Å². The van der Waals surface area contributed by atoms with E-state index in [2.05, 4.69) is 4.89 Å². The maximum absolute atomic E-state index is 12.0. The monoisotopic (exact) mass is 446 g/mol. The molecular weight excluding hydrogens is 408 g/mol. The van der Waals surface area contributed by atoms with Crippen LogP contribution in [0.4, 0.5) is 0 Å². The first-order valence-electron chi connectivity index (χ1n) is 10.6. The molecule has 0 aliphatic heterocycles. The van der Waals surface area contributed by atoms with E-state index in [-0.39, 0.29) is 12.5 Å². The van der Waals surface area contributed by atoms with Gasteiger partial charge < -0.3 is 14.2 Å². The fourth-order valence-electron chi connectivity index (χ4n) is 3.10. The minimum absolute atomic E-state index is 0.0389. The minimum atomic E-state index is -1.28. The van der Waals surface area contributed by atoms with Gasteiger partial charge in [0.25, 0.3) is 0 Å². The van der Waals surface area contributed by atoms with Crippen molar-refractivity contribution in [3.05, 3.63) is 0 Å². The highest BCUT2D eigenvalue weighted by molar-refractivity contribution is 6.30. The summed E-state index contributed by atoms with van der Waals surface area (Å²) in [6, 6.07) is 0. The Morgan fingerprint density at radius 3 is 1.58 bits per heavy atom. The van der Waals surface area contributed by atoms with Crippen molar-refractivity contribution in [3.63, 3.8) is 0 Å². The number of ether oxygens (including phenoxy) is 3. The van der Waals surface area contributed by atoms with Crippen LogP contribution in [-0.2, 0) is 43.2 Å². The maximum atomic E-state index is 12.0. The van der Waals surface area contributed by atoms with Crippen LogP contribution in [0.1, 0.15) is 81.6 Å². The molecule has 0 bridgehead atoms. The van der Waals surface area contributed by atoms with Crippen LogP contribution < -0.4 is 0 Å². The maximum Gasteiger partial charge on any atom is 0.449 e. The molecule has 0 heterocycles. The Kier molecular flexibility index (Phi) is 12.4. The fourth-order valence-corrected chi connectivity index (χ4v) is 3.10. The van der Waals surface area contributed by atoms with Gasteiger partial charge >= 0.3 is 23.9 Å². The molecule has 31 heavy (non-hydrogen) atoms. The van der Waals surface area contributed by atoms with Crippen molar-refractivity contribution < 1.29 is 43.2 Å². The van der Waals surface area contributed by atoms with Crippen LogP contribution in [0.25, 0.3) is 0 Å². The molecule has 9 nitrogen and oxygen atoms in total. The van der Waals surface area contributed by atoms with E-state index in [9.17, 15) is 19.2 Å². The highest BCUT2D eigenvalue weighted by Gasteiger charge is 2.33. The van der Waals surface area contributed by atoms with Gasteiger partial charge in [0.2, 0.25) is 0 Å². The van der Waals surface area contributed by atoms with Gasteiger partial charge in [-0.05, 0) is 59.3 Å². The second kappa shape index (κ2) is 13.3. The van der Waals surface area contributed by atoms with E-state index < -0.39 is 41.7 Å². The minimum Gasteiger partial charge on any atom is -0.454 e. The Morgan fingerprint density at radius 1 is 0.645 bits per heavy atom. The third-order valence-corrected chi connectivity index (χ3v) is 3.99. The molecule has 0 aromatic rings. The van der Waals surface area contributed by atoms with Crippen molar-refractivity contribution in [2.24, 2.45) is 11.8 Å². The lowest BCUT2D eigenvalue weighted by Gasteiger charge is -2.27. The summed E-state index contributed by atoms with van der Waals surface area (Å²) in [5.74, 6) is -4.08. The summed E-state index contributed by atoms with van der Waals surface area (Å²) >= 11 is 0. The highest BCUT2D eigenvalue weighted by atomic mass is 17.2. The van der Waals surface area contributed by atoms with Crippen LogP contribution in [-0.4, -0.2) is 47.8 Å². The Labute approximate surface area is 185 Å². The molecular formula is C22H38O9. The summed E-state index contributed by atoms with van der Waals surface area (Å²) in [5, 5.41) is 0. The van der Waals surface area contributed by atoms with E-state index in [0.717, 1.165) is 0 Å². The van der Waals surface area contributed by atoms with Gasteiger partial charge in [-0.25, -0.2) is 19.2 Å². The predicted molar refractivity (Wildman–Crippen MR) is 111 cm³/mol. The molecule has 0 aliphatic rings. The summed E-state index contributed by atoms with van der Waals surface area (Å²) < 4.78 is 15.2. The lowest BCUT2D eigenvalue weighted by atomic mass is 10.0. The molecule has 3 atom stereocenters. The van der Waals surface area contributed by atoms with E-state index in [4.69, 9.17) is 19.1 Å². The molecule has 0 rings (SSSR count). The molecule has 0 radical (unpaired) electrons. The summed E-state index contributed by atoms with van der Waals surface area (Å²) in [7, 11) is 0. The van der Waals surface area contributed by atoms with Crippen molar-refractivity contribution in [2.45, 2.75) is 105 Å². The average molecular weight is 447 g/mol. The van der Waals surface area contributed by atoms with E-state index in [0.29, 0.717) is 24.7 Å². The molecule has 3 unspecified atom stereocenters. The van der Waals surface area contributed by atoms with Crippen molar-refractivity contribution in [3.8, 4) is 0 Å². The fraction of sp³-hybridized carbons (Fsp3) is 0.818. The number of hydrogen-bond donors (Lipinski definition) is 0. The number of hydrogen-bond acceptors (Lipinski definition) is 9. The second-order valence-electron chi connectivity index (χ2n) is 9.32. The molecule has 0 N–H and O–H groups in total. The van der Waals surface area contributed by atoms with Gasteiger partial charge in [0, 0.05) is 6.42 Å². The van der Waals surface area contributed by atoms with Crippen molar-refractivity contribution in [1.29, 1.82) is 0 Å². The molecule has 0 saturated carbocycles. The van der Waals surface area contributed by atoms with Gasteiger partial charge in [-0.3, -0.25) is 4.89 Å². The van der Waals surface area contributed by atoms with Crippen LogP contribution in [0, 0.1) is 11.8 Å². The zero-order valence-corrected chi connectivity index (χ0v) is 20.2. The Hall–Kier alpha value is -2.16.